The summed E-state index contributed by atoms with van der Waals surface area (Å²) < 4.78 is 5.27. The van der Waals surface area contributed by atoms with Gasteiger partial charge in [0.15, 0.2) is 0 Å². The molecule has 0 atom stereocenters. The number of hydrogen-bond acceptors (Lipinski definition) is 5. The Hall–Kier alpha value is -1.69. The lowest BCUT2D eigenvalue weighted by molar-refractivity contribution is -0.142. The predicted octanol–water partition coefficient (Wildman–Crippen LogP) is 1.79. The molecule has 5 nitrogen and oxygen atoms in total. The van der Waals surface area contributed by atoms with Gasteiger partial charge in [0.2, 0.25) is 5.91 Å². The Balaban J connectivity index is 2.09. The molecule has 1 fully saturated rings. The normalized spacial score (nSPS) is 19.2. The van der Waals surface area contributed by atoms with Crippen LogP contribution in [-0.4, -0.2) is 41.7 Å². The van der Waals surface area contributed by atoms with Gasteiger partial charge in [-0.05, 0) is 13.8 Å². The maximum Gasteiger partial charge on any atom is 0.336 e. The molecule has 0 saturated carbocycles. The lowest BCUT2D eigenvalue weighted by atomic mass is 10.2. The minimum absolute atomic E-state index is 0.120. The van der Waals surface area contributed by atoms with Crippen molar-refractivity contribution in [3.63, 3.8) is 0 Å². The summed E-state index contributed by atoms with van der Waals surface area (Å²) in [6.45, 7) is 8.42. The second kappa shape index (κ2) is 6.85. The lowest BCUT2D eigenvalue weighted by Crippen LogP contribution is -2.23. The monoisotopic (exact) mass is 308 g/mol. The summed E-state index contributed by atoms with van der Waals surface area (Å²) >= 11 is 1.59. The van der Waals surface area contributed by atoms with E-state index in [1.165, 1.54) is 0 Å². The van der Waals surface area contributed by atoms with Crippen LogP contribution in [0.25, 0.3) is 0 Å². The highest BCUT2D eigenvalue weighted by atomic mass is 32.2. The zero-order valence-corrected chi connectivity index (χ0v) is 13.2. The molecule has 1 amide bonds. The third kappa shape index (κ3) is 3.69. The first kappa shape index (κ1) is 15.7. The summed E-state index contributed by atoms with van der Waals surface area (Å²) in [5.74, 6) is 0.326. The van der Waals surface area contributed by atoms with Gasteiger partial charge in [0.05, 0.1) is 16.7 Å². The number of ether oxygens (including phenoxy) is 1. The van der Waals surface area contributed by atoms with Crippen molar-refractivity contribution < 1.29 is 14.3 Å². The molecule has 21 heavy (non-hydrogen) atoms. The Bertz CT molecular complexity index is 523. The highest BCUT2D eigenvalue weighted by Gasteiger charge is 2.35. The van der Waals surface area contributed by atoms with Gasteiger partial charge in [0, 0.05) is 37.0 Å². The van der Waals surface area contributed by atoms with Crippen molar-refractivity contribution in [1.82, 2.24) is 10.2 Å². The van der Waals surface area contributed by atoms with Crippen molar-refractivity contribution in [3.8, 4) is 0 Å². The third-order valence-electron chi connectivity index (χ3n) is 3.10. The van der Waals surface area contributed by atoms with Crippen LogP contribution in [0.15, 0.2) is 35.0 Å². The summed E-state index contributed by atoms with van der Waals surface area (Å²) in [4.78, 5) is 25.8. The molecule has 2 aliphatic rings. The quantitative estimate of drug-likeness (QED) is 0.477. The van der Waals surface area contributed by atoms with E-state index in [-0.39, 0.29) is 18.0 Å². The van der Waals surface area contributed by atoms with Crippen LogP contribution >= 0.6 is 11.8 Å². The molecule has 114 valence electrons. The zero-order chi connectivity index (χ0) is 15.4. The van der Waals surface area contributed by atoms with E-state index in [1.54, 1.807) is 23.9 Å². The predicted molar refractivity (Wildman–Crippen MR) is 83.3 cm³/mol. The molecule has 1 N–H and O–H groups in total. The highest BCUT2D eigenvalue weighted by Crippen LogP contribution is 2.42. The van der Waals surface area contributed by atoms with Crippen molar-refractivity contribution in [1.29, 1.82) is 0 Å². The highest BCUT2D eigenvalue weighted by molar-refractivity contribution is 8.03. The maximum atomic E-state index is 12.0. The first-order valence-corrected chi connectivity index (χ1v) is 7.95. The molecule has 0 aromatic heterocycles. The van der Waals surface area contributed by atoms with Gasteiger partial charge in [0.1, 0.15) is 0 Å². The van der Waals surface area contributed by atoms with Gasteiger partial charge >= 0.3 is 5.97 Å². The molecule has 2 heterocycles. The Morgan fingerprint density at radius 1 is 1.52 bits per heavy atom. The van der Waals surface area contributed by atoms with E-state index in [2.05, 4.69) is 11.9 Å². The molecule has 2 rings (SSSR count). The minimum Gasteiger partial charge on any atom is -0.460 e. The van der Waals surface area contributed by atoms with Gasteiger partial charge in [-0.2, -0.15) is 0 Å². The van der Waals surface area contributed by atoms with Crippen LogP contribution in [-0.2, 0) is 14.3 Å². The lowest BCUT2D eigenvalue weighted by Gasteiger charge is -2.14. The van der Waals surface area contributed by atoms with Crippen molar-refractivity contribution >= 4 is 23.6 Å². The summed E-state index contributed by atoms with van der Waals surface area (Å²) in [7, 11) is 0. The van der Waals surface area contributed by atoms with Gasteiger partial charge in [-0.1, -0.05) is 6.08 Å². The van der Waals surface area contributed by atoms with Crippen LogP contribution in [0.1, 0.15) is 20.3 Å². The van der Waals surface area contributed by atoms with Crippen LogP contribution in [0.3, 0.4) is 0 Å². The van der Waals surface area contributed by atoms with Crippen LogP contribution in [0.2, 0.25) is 0 Å². The summed E-state index contributed by atoms with van der Waals surface area (Å²) in [6, 6.07) is 0. The summed E-state index contributed by atoms with van der Waals surface area (Å²) in [6.07, 6.45) is 3.78. The molecule has 2 aliphatic heterocycles. The van der Waals surface area contributed by atoms with E-state index in [1.807, 2.05) is 18.7 Å². The zero-order valence-electron chi connectivity index (χ0n) is 12.3. The van der Waals surface area contributed by atoms with E-state index in [0.717, 1.165) is 22.8 Å². The minimum atomic E-state index is -0.243. The van der Waals surface area contributed by atoms with Crippen LogP contribution in [0.4, 0.5) is 0 Å². The second-order valence-electron chi connectivity index (χ2n) is 5.10. The van der Waals surface area contributed by atoms with Gasteiger partial charge in [-0.3, -0.25) is 4.79 Å². The van der Waals surface area contributed by atoms with Gasteiger partial charge in [-0.25, -0.2) is 4.79 Å². The fraction of sp³-hybridized carbons (Fsp3) is 0.467. The molecular formula is C15H20N2O3S. The number of esters is 1. The van der Waals surface area contributed by atoms with Crippen LogP contribution < -0.4 is 5.32 Å². The number of amides is 1. The first-order chi connectivity index (χ1) is 10.0. The number of rotatable bonds is 5. The molecule has 1 saturated heterocycles. The number of fused-ring (bicyclic) bond motifs is 1. The standard InChI is InChI=1S/C15H20N2O3S/c1-4-6-16-13(18)8-11-9-21-14-12(5-7-17(11)14)15(19)20-10(2)3/h4,8,10H,1,5-7,9H2,2-3H3,(H,16,18). The second-order valence-corrected chi connectivity index (χ2v) is 6.06. The number of carbonyl (C=O) groups excluding carboxylic acids is 2. The van der Waals surface area contributed by atoms with Gasteiger partial charge in [-0.15, -0.1) is 18.3 Å². The smallest absolute Gasteiger partial charge is 0.336 e. The van der Waals surface area contributed by atoms with Crippen molar-refractivity contribution in [2.75, 3.05) is 18.8 Å². The molecule has 0 aliphatic carbocycles. The molecule has 0 spiro atoms. The van der Waals surface area contributed by atoms with Gasteiger partial charge in [0.25, 0.3) is 0 Å². The average molecular weight is 308 g/mol. The molecular weight excluding hydrogens is 288 g/mol. The molecule has 0 aromatic rings. The van der Waals surface area contributed by atoms with E-state index in [9.17, 15) is 9.59 Å². The number of hydrogen-bond donors (Lipinski definition) is 1. The van der Waals surface area contributed by atoms with Crippen molar-refractivity contribution in [2.24, 2.45) is 0 Å². The van der Waals surface area contributed by atoms with Gasteiger partial charge < -0.3 is 15.0 Å². The average Bonchev–Trinajstić information content (AvgIpc) is 2.98. The van der Waals surface area contributed by atoms with Crippen LogP contribution in [0, 0.1) is 0 Å². The van der Waals surface area contributed by atoms with E-state index in [4.69, 9.17) is 4.74 Å². The molecule has 0 bridgehead atoms. The van der Waals surface area contributed by atoms with Crippen molar-refractivity contribution in [3.05, 3.63) is 35.0 Å². The van der Waals surface area contributed by atoms with E-state index in [0.29, 0.717) is 18.7 Å². The SMILES string of the molecule is C=CCNC(=O)C=C1CSC2=C(C(=O)OC(C)C)CCN12. The van der Waals surface area contributed by atoms with E-state index >= 15 is 0 Å². The summed E-state index contributed by atoms with van der Waals surface area (Å²) in [5, 5.41) is 3.66. The Kier molecular flexibility index (Phi) is 5.12. The third-order valence-corrected chi connectivity index (χ3v) is 4.28. The molecule has 0 radical (unpaired) electrons. The summed E-state index contributed by atoms with van der Waals surface area (Å²) in [5.41, 5.74) is 1.66. The fourth-order valence-electron chi connectivity index (χ4n) is 2.22. The molecule has 0 aromatic carbocycles. The van der Waals surface area contributed by atoms with Crippen molar-refractivity contribution in [2.45, 2.75) is 26.4 Å². The molecule has 0 unspecified atom stereocenters. The number of carbonyl (C=O) groups is 2. The number of nitrogens with zero attached hydrogens (tertiary/aromatic N) is 1. The molecule has 6 heteroatoms. The van der Waals surface area contributed by atoms with Crippen LogP contribution in [0.5, 0.6) is 0 Å². The first-order valence-electron chi connectivity index (χ1n) is 6.96. The number of nitrogens with one attached hydrogen (secondary N) is 1. The Labute approximate surface area is 129 Å². The Morgan fingerprint density at radius 2 is 2.29 bits per heavy atom. The fourth-order valence-corrected chi connectivity index (χ4v) is 3.47. The Morgan fingerprint density at radius 3 is 2.95 bits per heavy atom. The number of thioether (sulfide) groups is 1. The topological polar surface area (TPSA) is 58.6 Å². The van der Waals surface area contributed by atoms with E-state index < -0.39 is 0 Å². The maximum absolute atomic E-state index is 12.0. The largest absolute Gasteiger partial charge is 0.460 e.